The minimum atomic E-state index is -0.804. The Bertz CT molecular complexity index is 231. The fraction of sp³-hybridized carbons (Fsp3) is 0.571. The number of halogens is 1. The van der Waals surface area contributed by atoms with Crippen LogP contribution in [0.3, 0.4) is 0 Å². The summed E-state index contributed by atoms with van der Waals surface area (Å²) in [5.41, 5.74) is 0.770. The number of rotatable bonds is 3. The molecular formula is C7H10BrNO2S. The first-order chi connectivity index (χ1) is 5.56. The minimum Gasteiger partial charge on any atom is -0.481 e. The van der Waals surface area contributed by atoms with Gasteiger partial charge in [-0.25, -0.2) is 0 Å². The number of carbonyl (C=O) groups is 1. The Morgan fingerprint density at radius 1 is 1.92 bits per heavy atom. The summed E-state index contributed by atoms with van der Waals surface area (Å²) in [7, 11) is 0. The van der Waals surface area contributed by atoms with Crippen molar-refractivity contribution in [2.75, 3.05) is 0 Å². The molecule has 1 atom stereocenters. The van der Waals surface area contributed by atoms with Crippen LogP contribution in [0.25, 0.3) is 0 Å². The van der Waals surface area contributed by atoms with Crippen molar-refractivity contribution in [3.05, 3.63) is 11.1 Å². The van der Waals surface area contributed by atoms with Crippen molar-refractivity contribution in [2.24, 2.45) is 0 Å². The molecule has 0 saturated heterocycles. The first kappa shape index (κ1) is 9.92. The van der Waals surface area contributed by atoms with E-state index in [2.05, 4.69) is 21.2 Å². The molecule has 2 N–H and O–H groups in total. The largest absolute Gasteiger partial charge is 0.481 e. The molecule has 0 aromatic carbocycles. The SMILES string of the molecule is CCC1(Br)NC(CC(=O)O)=CS1. The molecule has 0 amide bonds. The molecule has 0 spiro atoms. The fourth-order valence-electron chi connectivity index (χ4n) is 0.884. The molecule has 0 saturated carbocycles. The van der Waals surface area contributed by atoms with Gasteiger partial charge in [-0.3, -0.25) is 4.79 Å². The van der Waals surface area contributed by atoms with Crippen LogP contribution in [0.2, 0.25) is 0 Å². The van der Waals surface area contributed by atoms with Crippen LogP contribution in [-0.2, 0) is 4.79 Å². The number of carboxylic acids is 1. The summed E-state index contributed by atoms with van der Waals surface area (Å²) >= 11 is 5.06. The molecule has 0 fully saturated rings. The third-order valence-electron chi connectivity index (χ3n) is 1.53. The predicted octanol–water partition coefficient (Wildman–Crippen LogP) is 2.10. The van der Waals surface area contributed by atoms with Gasteiger partial charge in [0.25, 0.3) is 0 Å². The van der Waals surface area contributed by atoms with Gasteiger partial charge in [0.2, 0.25) is 0 Å². The molecule has 1 heterocycles. The first-order valence-corrected chi connectivity index (χ1v) is 5.29. The van der Waals surface area contributed by atoms with Crippen molar-refractivity contribution in [1.82, 2.24) is 5.32 Å². The topological polar surface area (TPSA) is 49.3 Å². The number of hydrogen-bond acceptors (Lipinski definition) is 3. The summed E-state index contributed by atoms with van der Waals surface area (Å²) in [5.74, 6) is -0.804. The molecule has 3 nitrogen and oxygen atoms in total. The van der Waals surface area contributed by atoms with Crippen molar-refractivity contribution in [3.8, 4) is 0 Å². The van der Waals surface area contributed by atoms with Crippen molar-refractivity contribution in [3.63, 3.8) is 0 Å². The number of alkyl halides is 1. The molecule has 12 heavy (non-hydrogen) atoms. The zero-order chi connectivity index (χ0) is 9.19. The maximum atomic E-state index is 10.3. The van der Waals surface area contributed by atoms with E-state index >= 15 is 0 Å². The molecule has 0 aromatic heterocycles. The Hall–Kier alpha value is -0.160. The lowest BCUT2D eigenvalue weighted by Gasteiger charge is -2.20. The second-order valence-corrected chi connectivity index (χ2v) is 5.59. The molecule has 0 aromatic rings. The number of carboxylic acid groups (broad SMARTS) is 1. The second-order valence-electron chi connectivity index (χ2n) is 2.54. The van der Waals surface area contributed by atoms with Gasteiger partial charge in [-0.05, 0) is 27.8 Å². The van der Waals surface area contributed by atoms with E-state index in [4.69, 9.17) is 5.11 Å². The van der Waals surface area contributed by atoms with Gasteiger partial charge in [-0.2, -0.15) is 0 Å². The lowest BCUT2D eigenvalue weighted by atomic mass is 10.3. The van der Waals surface area contributed by atoms with Crippen molar-refractivity contribution in [1.29, 1.82) is 0 Å². The van der Waals surface area contributed by atoms with Gasteiger partial charge in [0.1, 0.15) is 3.78 Å². The van der Waals surface area contributed by atoms with E-state index in [1.165, 1.54) is 0 Å². The second kappa shape index (κ2) is 3.70. The van der Waals surface area contributed by atoms with Crippen LogP contribution in [0.4, 0.5) is 0 Å². The first-order valence-electron chi connectivity index (χ1n) is 3.61. The van der Waals surface area contributed by atoms with E-state index in [1.54, 1.807) is 11.8 Å². The summed E-state index contributed by atoms with van der Waals surface area (Å²) < 4.78 is -0.183. The van der Waals surface area contributed by atoms with Crippen LogP contribution < -0.4 is 5.32 Å². The Kier molecular flexibility index (Phi) is 3.06. The lowest BCUT2D eigenvalue weighted by molar-refractivity contribution is -0.136. The van der Waals surface area contributed by atoms with Gasteiger partial charge in [-0.1, -0.05) is 18.7 Å². The van der Waals surface area contributed by atoms with Crippen molar-refractivity contribution >= 4 is 33.7 Å². The molecule has 0 aliphatic carbocycles. The van der Waals surface area contributed by atoms with Crippen molar-refractivity contribution < 1.29 is 9.90 Å². The average molecular weight is 252 g/mol. The van der Waals surface area contributed by atoms with Crippen LogP contribution in [-0.4, -0.2) is 14.9 Å². The Morgan fingerprint density at radius 3 is 3.00 bits per heavy atom. The highest BCUT2D eigenvalue weighted by Crippen LogP contribution is 2.40. The third-order valence-corrected chi connectivity index (χ3v) is 4.02. The predicted molar refractivity (Wildman–Crippen MR) is 53.0 cm³/mol. The Morgan fingerprint density at radius 2 is 2.58 bits per heavy atom. The molecule has 1 aliphatic heterocycles. The zero-order valence-electron chi connectivity index (χ0n) is 6.63. The fourth-order valence-corrected chi connectivity index (χ4v) is 2.25. The van der Waals surface area contributed by atoms with E-state index in [0.717, 1.165) is 12.1 Å². The van der Waals surface area contributed by atoms with Crippen LogP contribution >= 0.6 is 27.7 Å². The van der Waals surface area contributed by atoms with Crippen molar-refractivity contribution in [2.45, 2.75) is 23.5 Å². The standard InChI is InChI=1S/C7H10BrNO2S/c1-2-7(8)9-5(4-12-7)3-6(10)11/h4,9H,2-3H2,1H3,(H,10,11). The highest BCUT2D eigenvalue weighted by atomic mass is 79.9. The van der Waals surface area contributed by atoms with E-state index < -0.39 is 5.97 Å². The van der Waals surface area contributed by atoms with Gasteiger partial charge in [0, 0.05) is 5.70 Å². The number of hydrogen-bond donors (Lipinski definition) is 2. The number of nitrogens with one attached hydrogen (secondary N) is 1. The van der Waals surface area contributed by atoms with E-state index in [0.29, 0.717) is 0 Å². The smallest absolute Gasteiger partial charge is 0.309 e. The molecule has 1 unspecified atom stereocenters. The molecule has 0 radical (unpaired) electrons. The molecule has 68 valence electrons. The highest BCUT2D eigenvalue weighted by molar-refractivity contribution is 9.12. The molecular weight excluding hydrogens is 242 g/mol. The maximum absolute atomic E-state index is 10.3. The molecule has 1 aliphatic rings. The molecule has 0 bridgehead atoms. The summed E-state index contributed by atoms with van der Waals surface area (Å²) in [6, 6.07) is 0. The van der Waals surface area contributed by atoms with Gasteiger partial charge < -0.3 is 10.4 Å². The zero-order valence-corrected chi connectivity index (χ0v) is 9.04. The monoisotopic (exact) mass is 251 g/mol. The average Bonchev–Trinajstić information content (AvgIpc) is 2.32. The van der Waals surface area contributed by atoms with Gasteiger partial charge in [0.05, 0.1) is 6.42 Å². The minimum absolute atomic E-state index is 0.0698. The van der Waals surface area contributed by atoms with Gasteiger partial charge in [0.15, 0.2) is 0 Å². The van der Waals surface area contributed by atoms with Crippen LogP contribution in [0, 0.1) is 0 Å². The van der Waals surface area contributed by atoms with Gasteiger partial charge in [-0.15, -0.1) is 0 Å². The van der Waals surface area contributed by atoms with E-state index in [9.17, 15) is 4.79 Å². The molecule has 5 heteroatoms. The summed E-state index contributed by atoms with van der Waals surface area (Å²) in [6.45, 7) is 2.03. The van der Waals surface area contributed by atoms with Crippen LogP contribution in [0.5, 0.6) is 0 Å². The van der Waals surface area contributed by atoms with E-state index in [1.807, 2.05) is 12.3 Å². The quantitative estimate of drug-likeness (QED) is 0.596. The Balaban J connectivity index is 2.48. The normalized spacial score (nSPS) is 28.0. The number of aliphatic carboxylic acids is 1. The summed E-state index contributed by atoms with van der Waals surface area (Å²) in [6.07, 6.45) is 0.970. The number of thioether (sulfide) groups is 1. The third kappa shape index (κ3) is 2.42. The lowest BCUT2D eigenvalue weighted by Crippen LogP contribution is -2.30. The van der Waals surface area contributed by atoms with Gasteiger partial charge >= 0.3 is 5.97 Å². The summed E-state index contributed by atoms with van der Waals surface area (Å²) in [5, 5.41) is 13.5. The highest BCUT2D eigenvalue weighted by Gasteiger charge is 2.30. The van der Waals surface area contributed by atoms with Crippen LogP contribution in [0.1, 0.15) is 19.8 Å². The molecule has 1 rings (SSSR count). The summed E-state index contributed by atoms with van der Waals surface area (Å²) in [4.78, 5) is 10.3. The van der Waals surface area contributed by atoms with E-state index in [-0.39, 0.29) is 10.2 Å². The Labute approximate surface area is 83.7 Å². The maximum Gasteiger partial charge on any atom is 0.309 e. The van der Waals surface area contributed by atoms with Crippen LogP contribution in [0.15, 0.2) is 11.1 Å².